The normalized spacial score (nSPS) is 18.0. The predicted octanol–water partition coefficient (Wildman–Crippen LogP) is 1.29. The minimum Gasteiger partial charge on any atom is -0.465 e. The molecule has 1 fully saturated rings. The van der Waals surface area contributed by atoms with E-state index in [0.29, 0.717) is 23.1 Å². The van der Waals surface area contributed by atoms with Gasteiger partial charge in [-0.3, -0.25) is 4.79 Å². The summed E-state index contributed by atoms with van der Waals surface area (Å²) >= 11 is 0. The number of nitrogens with two attached hydrogens (primary N) is 1. The van der Waals surface area contributed by atoms with Crippen LogP contribution in [-0.2, 0) is 0 Å². The molecule has 0 bridgehead atoms. The van der Waals surface area contributed by atoms with Crippen molar-refractivity contribution in [3.63, 3.8) is 0 Å². The van der Waals surface area contributed by atoms with Crippen molar-refractivity contribution in [1.82, 2.24) is 35.5 Å². The number of rotatable bonds is 7. The highest BCUT2D eigenvalue weighted by Crippen LogP contribution is 2.25. The molecule has 32 heavy (non-hydrogen) atoms. The molecule has 1 aliphatic carbocycles. The molecule has 1 saturated carbocycles. The van der Waals surface area contributed by atoms with Crippen LogP contribution in [0.3, 0.4) is 0 Å². The van der Waals surface area contributed by atoms with Crippen LogP contribution in [0.2, 0.25) is 0 Å². The molecule has 3 heterocycles. The van der Waals surface area contributed by atoms with Gasteiger partial charge in [0, 0.05) is 12.1 Å². The molecule has 2 amide bonds. The Morgan fingerprint density at radius 3 is 2.53 bits per heavy atom. The average molecular weight is 438 g/mol. The Morgan fingerprint density at radius 2 is 1.81 bits per heavy atom. The first-order valence-electron chi connectivity index (χ1n) is 10.0. The lowest BCUT2D eigenvalue weighted by atomic mass is 9.90. The van der Waals surface area contributed by atoms with Crippen molar-refractivity contribution in [2.75, 3.05) is 10.6 Å². The Kier molecular flexibility index (Phi) is 6.05. The van der Waals surface area contributed by atoms with Crippen LogP contribution in [0.5, 0.6) is 0 Å². The second-order valence-corrected chi connectivity index (χ2v) is 7.27. The van der Waals surface area contributed by atoms with Gasteiger partial charge >= 0.3 is 6.09 Å². The molecule has 4 rings (SSSR count). The highest BCUT2D eigenvalue weighted by Gasteiger charge is 2.27. The van der Waals surface area contributed by atoms with Gasteiger partial charge in [0.15, 0.2) is 17.3 Å². The minimum absolute atomic E-state index is 0.0520. The first-order chi connectivity index (χ1) is 15.5. The van der Waals surface area contributed by atoms with Gasteiger partial charge in [0.05, 0.1) is 24.1 Å². The maximum absolute atomic E-state index is 11.9. The van der Waals surface area contributed by atoms with Gasteiger partial charge in [-0.1, -0.05) is 18.9 Å². The molecule has 0 unspecified atom stereocenters. The molecule has 2 atom stereocenters. The minimum atomic E-state index is -1.07. The van der Waals surface area contributed by atoms with E-state index in [-0.39, 0.29) is 17.8 Å². The fourth-order valence-corrected chi connectivity index (χ4v) is 3.64. The smallest absolute Gasteiger partial charge is 0.404 e. The number of primary amides is 1. The largest absolute Gasteiger partial charge is 0.465 e. The van der Waals surface area contributed by atoms with Crippen LogP contribution < -0.4 is 21.7 Å². The summed E-state index contributed by atoms with van der Waals surface area (Å²) in [5, 5.41) is 34.0. The third-order valence-electron chi connectivity index (χ3n) is 5.06. The first-order valence-corrected chi connectivity index (χ1v) is 10.0. The number of carbonyl (C=O) groups is 2. The van der Waals surface area contributed by atoms with E-state index in [1.165, 1.54) is 17.2 Å². The number of amides is 2. The summed E-state index contributed by atoms with van der Waals surface area (Å²) < 4.78 is 0. The Balaban J connectivity index is 1.58. The molecule has 0 aromatic carbocycles. The van der Waals surface area contributed by atoms with Gasteiger partial charge in [-0.25, -0.2) is 9.78 Å². The van der Waals surface area contributed by atoms with Gasteiger partial charge in [-0.15, -0.1) is 15.0 Å². The summed E-state index contributed by atoms with van der Waals surface area (Å²) in [7, 11) is 0. The second-order valence-electron chi connectivity index (χ2n) is 7.27. The van der Waals surface area contributed by atoms with Crippen molar-refractivity contribution < 1.29 is 14.7 Å². The zero-order valence-electron chi connectivity index (χ0n) is 17.0. The predicted molar refractivity (Wildman–Crippen MR) is 114 cm³/mol. The molecular weight excluding hydrogens is 416 g/mol. The molecular formula is C19H22N10O3. The number of carboxylic acid groups (broad SMARTS) is 1. The Hall–Kier alpha value is -4.29. The van der Waals surface area contributed by atoms with E-state index in [2.05, 4.69) is 41.3 Å². The highest BCUT2D eigenvalue weighted by atomic mass is 16.4. The van der Waals surface area contributed by atoms with E-state index in [1.807, 2.05) is 0 Å². The van der Waals surface area contributed by atoms with E-state index < -0.39 is 12.0 Å². The third kappa shape index (κ3) is 4.88. The van der Waals surface area contributed by atoms with Gasteiger partial charge < -0.3 is 26.8 Å². The topological polar surface area (TPSA) is 186 Å². The summed E-state index contributed by atoms with van der Waals surface area (Å²) in [6.45, 7) is 0. The number of carbonyl (C=O) groups excluding carboxylic acids is 1. The summed E-state index contributed by atoms with van der Waals surface area (Å²) in [5.74, 6) is 0.529. The Bertz CT molecular complexity index is 1100. The van der Waals surface area contributed by atoms with E-state index in [4.69, 9.17) is 10.8 Å². The van der Waals surface area contributed by atoms with Crippen LogP contribution in [0, 0.1) is 0 Å². The molecule has 6 N–H and O–H groups in total. The molecule has 166 valence electrons. The Morgan fingerprint density at radius 1 is 1.06 bits per heavy atom. The average Bonchev–Trinajstić information content (AvgIpc) is 3.30. The van der Waals surface area contributed by atoms with Gasteiger partial charge in [0.1, 0.15) is 5.82 Å². The van der Waals surface area contributed by atoms with Crippen molar-refractivity contribution in [3.8, 4) is 5.82 Å². The van der Waals surface area contributed by atoms with Crippen molar-refractivity contribution in [2.45, 2.75) is 37.8 Å². The van der Waals surface area contributed by atoms with Crippen LogP contribution in [-0.4, -0.2) is 59.4 Å². The lowest BCUT2D eigenvalue weighted by molar-refractivity contribution is 0.0995. The summed E-state index contributed by atoms with van der Waals surface area (Å²) in [4.78, 5) is 28.8. The molecule has 1 aliphatic rings. The van der Waals surface area contributed by atoms with Gasteiger partial charge in [0.2, 0.25) is 0 Å². The SMILES string of the molecule is NC(=O)c1nnc(N[C@@H]2CCCC[C@@H]2NC(=O)O)cc1Nc1cccc(-n2nccn2)n1. The molecule has 0 spiro atoms. The lowest BCUT2D eigenvalue weighted by Gasteiger charge is -2.32. The highest BCUT2D eigenvalue weighted by molar-refractivity contribution is 5.97. The molecule has 0 saturated heterocycles. The molecule has 13 nitrogen and oxygen atoms in total. The summed E-state index contributed by atoms with van der Waals surface area (Å²) in [6, 6.07) is 6.38. The van der Waals surface area contributed by atoms with Crippen LogP contribution in [0.15, 0.2) is 36.7 Å². The molecule has 0 radical (unpaired) electrons. The fourth-order valence-electron chi connectivity index (χ4n) is 3.64. The number of pyridine rings is 1. The van der Waals surface area contributed by atoms with Crippen molar-refractivity contribution in [1.29, 1.82) is 0 Å². The third-order valence-corrected chi connectivity index (χ3v) is 5.06. The fraction of sp³-hybridized carbons (Fsp3) is 0.316. The molecule has 0 aliphatic heterocycles. The van der Waals surface area contributed by atoms with E-state index in [9.17, 15) is 9.59 Å². The number of anilines is 3. The number of nitrogens with one attached hydrogen (secondary N) is 3. The van der Waals surface area contributed by atoms with Gasteiger partial charge in [-0.2, -0.15) is 10.2 Å². The zero-order valence-corrected chi connectivity index (χ0v) is 17.0. The van der Waals surface area contributed by atoms with Crippen molar-refractivity contribution in [2.24, 2.45) is 5.73 Å². The number of hydrogen-bond acceptors (Lipinski definition) is 9. The van der Waals surface area contributed by atoms with Crippen LogP contribution in [0.25, 0.3) is 5.82 Å². The van der Waals surface area contributed by atoms with E-state index in [0.717, 1.165) is 25.7 Å². The maximum atomic E-state index is 11.9. The Labute approximate surface area is 182 Å². The second kappa shape index (κ2) is 9.24. The first kappa shape index (κ1) is 21.0. The van der Waals surface area contributed by atoms with Gasteiger partial charge in [0.25, 0.3) is 5.91 Å². The van der Waals surface area contributed by atoms with Crippen LogP contribution in [0.4, 0.5) is 22.1 Å². The van der Waals surface area contributed by atoms with Crippen molar-refractivity contribution in [3.05, 3.63) is 42.4 Å². The molecule has 3 aromatic rings. The zero-order chi connectivity index (χ0) is 22.5. The monoisotopic (exact) mass is 438 g/mol. The van der Waals surface area contributed by atoms with E-state index >= 15 is 0 Å². The van der Waals surface area contributed by atoms with Crippen LogP contribution >= 0.6 is 0 Å². The molecule has 3 aromatic heterocycles. The lowest BCUT2D eigenvalue weighted by Crippen LogP contribution is -2.48. The number of nitrogens with zero attached hydrogens (tertiary/aromatic N) is 6. The quantitative estimate of drug-likeness (QED) is 0.360. The summed E-state index contributed by atoms with van der Waals surface area (Å²) in [6.07, 6.45) is 5.40. The maximum Gasteiger partial charge on any atom is 0.404 e. The summed E-state index contributed by atoms with van der Waals surface area (Å²) in [5.41, 5.74) is 5.72. The van der Waals surface area contributed by atoms with Crippen LogP contribution in [0.1, 0.15) is 36.2 Å². The van der Waals surface area contributed by atoms with E-state index in [1.54, 1.807) is 24.3 Å². The van der Waals surface area contributed by atoms with Crippen molar-refractivity contribution >= 4 is 29.3 Å². The van der Waals surface area contributed by atoms with Gasteiger partial charge in [-0.05, 0) is 25.0 Å². The number of hydrogen-bond donors (Lipinski definition) is 5. The number of aromatic nitrogens is 6. The molecule has 13 heteroatoms. The standard InChI is InChI=1S/C19H22N10O3/c20-18(30)17-13(24-14-6-3-7-16(26-14)29-21-8-9-22-29)10-15(27-28-17)23-11-4-1-2-5-12(11)25-19(31)32/h3,6-12,25H,1-2,4-5H2,(H2,20,30)(H,31,32)(H2,23,24,26,27)/t11-,12+/m1/s1.